The molecule has 1 rings (SSSR count). The van der Waals surface area contributed by atoms with E-state index in [0.717, 1.165) is 0 Å². The Morgan fingerprint density at radius 2 is 2.21 bits per heavy atom. The summed E-state index contributed by atoms with van der Waals surface area (Å²) in [5, 5.41) is 8.97. The molecule has 1 aromatic rings. The SMILES string of the molecule is CCCC(C)(NS(=O)(=O)c1cccnc1Cl)C(=O)O. The summed E-state index contributed by atoms with van der Waals surface area (Å²) in [5.41, 5.74) is -1.58. The zero-order valence-electron chi connectivity index (χ0n) is 10.6. The molecule has 0 aliphatic heterocycles. The minimum Gasteiger partial charge on any atom is -0.480 e. The average molecular weight is 307 g/mol. The van der Waals surface area contributed by atoms with E-state index in [1.165, 1.54) is 25.3 Å². The van der Waals surface area contributed by atoms with Crippen molar-refractivity contribution in [3.63, 3.8) is 0 Å². The van der Waals surface area contributed by atoms with Crippen LogP contribution in [-0.2, 0) is 14.8 Å². The molecular weight excluding hydrogens is 292 g/mol. The fourth-order valence-corrected chi connectivity index (χ4v) is 3.47. The number of nitrogens with one attached hydrogen (secondary N) is 1. The number of carboxylic acid groups (broad SMARTS) is 1. The second-order valence-corrected chi connectivity index (χ2v) is 6.29. The summed E-state index contributed by atoms with van der Waals surface area (Å²) in [5.74, 6) is -1.24. The predicted octanol–water partition coefficient (Wildman–Crippen LogP) is 1.66. The smallest absolute Gasteiger partial charge is 0.324 e. The van der Waals surface area contributed by atoms with Crippen molar-refractivity contribution in [1.29, 1.82) is 0 Å². The number of aliphatic carboxylic acids is 1. The molecule has 0 radical (unpaired) electrons. The molecule has 0 spiro atoms. The van der Waals surface area contributed by atoms with Crippen molar-refractivity contribution in [2.45, 2.75) is 37.1 Å². The lowest BCUT2D eigenvalue weighted by Gasteiger charge is -2.25. The Kier molecular flexibility index (Phi) is 4.89. The molecule has 1 atom stereocenters. The molecule has 0 saturated carbocycles. The third kappa shape index (κ3) is 3.65. The quantitative estimate of drug-likeness (QED) is 0.779. The molecule has 8 heteroatoms. The third-order valence-electron chi connectivity index (χ3n) is 2.60. The molecule has 0 fully saturated rings. The van der Waals surface area contributed by atoms with Gasteiger partial charge in [0.2, 0.25) is 10.0 Å². The Morgan fingerprint density at radius 1 is 1.58 bits per heavy atom. The topological polar surface area (TPSA) is 96.4 Å². The van der Waals surface area contributed by atoms with Crippen molar-refractivity contribution in [1.82, 2.24) is 9.71 Å². The lowest BCUT2D eigenvalue weighted by Crippen LogP contribution is -2.52. The monoisotopic (exact) mass is 306 g/mol. The number of carbonyl (C=O) groups is 1. The summed E-state index contributed by atoms with van der Waals surface area (Å²) < 4.78 is 26.5. The van der Waals surface area contributed by atoms with Crippen LogP contribution in [-0.4, -0.2) is 30.0 Å². The molecule has 6 nitrogen and oxygen atoms in total. The molecule has 1 unspecified atom stereocenters. The van der Waals surface area contributed by atoms with Crippen LogP contribution in [0.3, 0.4) is 0 Å². The van der Waals surface area contributed by atoms with Gasteiger partial charge in [0.25, 0.3) is 0 Å². The van der Waals surface area contributed by atoms with E-state index in [0.29, 0.717) is 6.42 Å². The minimum atomic E-state index is -4.04. The number of pyridine rings is 1. The lowest BCUT2D eigenvalue weighted by molar-refractivity contribution is -0.143. The molecule has 1 aromatic heterocycles. The maximum absolute atomic E-state index is 12.1. The van der Waals surface area contributed by atoms with Crippen molar-refractivity contribution < 1.29 is 18.3 Å². The highest BCUT2D eigenvalue weighted by Gasteiger charge is 2.37. The van der Waals surface area contributed by atoms with Crippen LogP contribution in [0, 0.1) is 0 Å². The van der Waals surface area contributed by atoms with Crippen LogP contribution in [0.1, 0.15) is 26.7 Å². The first-order valence-electron chi connectivity index (χ1n) is 5.61. The van der Waals surface area contributed by atoms with Gasteiger partial charge >= 0.3 is 5.97 Å². The Labute approximate surface area is 116 Å². The van der Waals surface area contributed by atoms with Gasteiger partial charge in [0, 0.05) is 6.20 Å². The van der Waals surface area contributed by atoms with Gasteiger partial charge in [-0.1, -0.05) is 24.9 Å². The first-order valence-corrected chi connectivity index (χ1v) is 7.47. The normalized spacial score (nSPS) is 14.9. The van der Waals surface area contributed by atoms with Crippen LogP contribution in [0.5, 0.6) is 0 Å². The number of carboxylic acids is 1. The van der Waals surface area contributed by atoms with Crippen LogP contribution in [0.2, 0.25) is 5.15 Å². The van der Waals surface area contributed by atoms with Gasteiger partial charge in [-0.15, -0.1) is 0 Å². The Hall–Kier alpha value is -1.18. The maximum atomic E-state index is 12.1. The molecule has 0 aliphatic carbocycles. The minimum absolute atomic E-state index is 0.166. The Morgan fingerprint density at radius 3 is 2.68 bits per heavy atom. The van der Waals surface area contributed by atoms with Gasteiger partial charge in [-0.05, 0) is 25.5 Å². The first-order chi connectivity index (χ1) is 8.73. The first kappa shape index (κ1) is 15.9. The van der Waals surface area contributed by atoms with E-state index < -0.39 is 21.5 Å². The van der Waals surface area contributed by atoms with Crippen molar-refractivity contribution in [3.8, 4) is 0 Å². The molecule has 1 heterocycles. The van der Waals surface area contributed by atoms with Gasteiger partial charge < -0.3 is 5.11 Å². The van der Waals surface area contributed by atoms with E-state index in [9.17, 15) is 13.2 Å². The number of aromatic nitrogens is 1. The van der Waals surface area contributed by atoms with Crippen LogP contribution in [0.15, 0.2) is 23.2 Å². The van der Waals surface area contributed by atoms with E-state index in [1.54, 1.807) is 6.92 Å². The molecule has 106 valence electrons. The second-order valence-electron chi connectivity index (χ2n) is 4.29. The van der Waals surface area contributed by atoms with Gasteiger partial charge in [0.05, 0.1) is 0 Å². The van der Waals surface area contributed by atoms with Gasteiger partial charge in [0.15, 0.2) is 0 Å². The second kappa shape index (κ2) is 5.85. The van der Waals surface area contributed by atoms with E-state index >= 15 is 0 Å². The highest BCUT2D eigenvalue weighted by atomic mass is 35.5. The highest BCUT2D eigenvalue weighted by Crippen LogP contribution is 2.22. The summed E-state index contributed by atoms with van der Waals surface area (Å²) in [6.45, 7) is 3.09. The molecule has 19 heavy (non-hydrogen) atoms. The highest BCUT2D eigenvalue weighted by molar-refractivity contribution is 7.89. The van der Waals surface area contributed by atoms with E-state index in [-0.39, 0.29) is 16.5 Å². The number of halogens is 1. The largest absolute Gasteiger partial charge is 0.480 e. The lowest BCUT2D eigenvalue weighted by atomic mass is 9.98. The van der Waals surface area contributed by atoms with Gasteiger partial charge in [-0.3, -0.25) is 4.79 Å². The van der Waals surface area contributed by atoms with Gasteiger partial charge in [0.1, 0.15) is 15.6 Å². The van der Waals surface area contributed by atoms with Crippen LogP contribution >= 0.6 is 11.6 Å². The third-order valence-corrected chi connectivity index (χ3v) is 4.64. The fraction of sp³-hybridized carbons (Fsp3) is 0.455. The van der Waals surface area contributed by atoms with Crippen molar-refractivity contribution in [2.75, 3.05) is 0 Å². The van der Waals surface area contributed by atoms with E-state index in [4.69, 9.17) is 16.7 Å². The van der Waals surface area contributed by atoms with Crippen LogP contribution in [0.4, 0.5) is 0 Å². The summed E-state index contributed by atoms with van der Waals surface area (Å²) in [4.78, 5) is 14.7. The van der Waals surface area contributed by atoms with Crippen molar-refractivity contribution in [3.05, 3.63) is 23.5 Å². The number of hydrogen-bond acceptors (Lipinski definition) is 4. The summed E-state index contributed by atoms with van der Waals surface area (Å²) >= 11 is 5.72. The molecule has 0 aliphatic rings. The molecule has 0 bridgehead atoms. The van der Waals surface area contributed by atoms with Crippen molar-refractivity contribution >= 4 is 27.6 Å². The zero-order valence-corrected chi connectivity index (χ0v) is 12.1. The number of hydrogen-bond donors (Lipinski definition) is 2. The number of rotatable bonds is 6. The van der Waals surface area contributed by atoms with Gasteiger partial charge in [-0.25, -0.2) is 13.4 Å². The van der Waals surface area contributed by atoms with Crippen LogP contribution < -0.4 is 4.72 Å². The number of nitrogens with zero attached hydrogens (tertiary/aromatic N) is 1. The number of sulfonamides is 1. The summed E-state index contributed by atoms with van der Waals surface area (Å²) in [6.07, 6.45) is 2.04. The average Bonchev–Trinajstić information content (AvgIpc) is 2.28. The Balaban J connectivity index is 3.16. The maximum Gasteiger partial charge on any atom is 0.324 e. The zero-order chi connectivity index (χ0) is 14.7. The molecule has 0 amide bonds. The van der Waals surface area contributed by atoms with E-state index in [2.05, 4.69) is 9.71 Å². The summed E-state index contributed by atoms with van der Waals surface area (Å²) in [6, 6.07) is 2.68. The van der Waals surface area contributed by atoms with Crippen LogP contribution in [0.25, 0.3) is 0 Å². The molecule has 2 N–H and O–H groups in total. The fourth-order valence-electron chi connectivity index (χ4n) is 1.62. The standard InChI is InChI=1S/C11H15ClN2O4S/c1-3-6-11(2,10(15)16)14-19(17,18)8-5-4-7-13-9(8)12/h4-5,7,14H,3,6H2,1-2H3,(H,15,16). The molecule has 0 saturated heterocycles. The Bertz CT molecular complexity index is 576. The van der Waals surface area contributed by atoms with Crippen molar-refractivity contribution in [2.24, 2.45) is 0 Å². The van der Waals surface area contributed by atoms with Gasteiger partial charge in [-0.2, -0.15) is 4.72 Å². The molecular formula is C11H15ClN2O4S. The van der Waals surface area contributed by atoms with E-state index in [1.807, 2.05) is 0 Å². The summed E-state index contributed by atoms with van der Waals surface area (Å²) in [7, 11) is -4.04. The molecule has 0 aromatic carbocycles. The predicted molar refractivity (Wildman–Crippen MR) is 70.5 cm³/mol.